The van der Waals surface area contributed by atoms with E-state index in [0.717, 1.165) is 23.4 Å². The number of benzene rings is 1. The summed E-state index contributed by atoms with van der Waals surface area (Å²) in [4.78, 5) is 0. The molecule has 0 radical (unpaired) electrons. The molecule has 4 heteroatoms. The van der Waals surface area contributed by atoms with E-state index in [1.54, 1.807) is 6.07 Å². The van der Waals surface area contributed by atoms with Gasteiger partial charge in [0.2, 0.25) is 0 Å². The number of aromatic hydroxyl groups is 1. The second-order valence-corrected chi connectivity index (χ2v) is 5.04. The average Bonchev–Trinajstić information content (AvgIpc) is 2.67. The van der Waals surface area contributed by atoms with Gasteiger partial charge >= 0.3 is 0 Å². The fourth-order valence-electron chi connectivity index (χ4n) is 2.11. The second-order valence-electron chi connectivity index (χ2n) is 5.04. The summed E-state index contributed by atoms with van der Waals surface area (Å²) in [5.41, 5.74) is 4.33. The van der Waals surface area contributed by atoms with Crippen molar-refractivity contribution in [2.24, 2.45) is 7.05 Å². The summed E-state index contributed by atoms with van der Waals surface area (Å²) in [6.45, 7) is 6.82. The first-order valence-corrected chi connectivity index (χ1v) is 6.49. The third-order valence-corrected chi connectivity index (χ3v) is 3.59. The monoisotopic (exact) mass is 259 g/mol. The van der Waals surface area contributed by atoms with Crippen molar-refractivity contribution in [1.82, 2.24) is 15.1 Å². The highest BCUT2D eigenvalue weighted by Crippen LogP contribution is 2.25. The van der Waals surface area contributed by atoms with Crippen LogP contribution in [0.3, 0.4) is 0 Å². The van der Waals surface area contributed by atoms with Gasteiger partial charge in [-0.25, -0.2) is 0 Å². The third kappa shape index (κ3) is 2.96. The highest BCUT2D eigenvalue weighted by Gasteiger charge is 2.11. The molecule has 2 aromatic rings. The number of aromatic nitrogens is 2. The summed E-state index contributed by atoms with van der Waals surface area (Å²) in [7, 11) is 1.94. The topological polar surface area (TPSA) is 50.1 Å². The number of nitrogens with one attached hydrogen (secondary N) is 1. The van der Waals surface area contributed by atoms with Crippen molar-refractivity contribution < 1.29 is 5.11 Å². The number of phenols is 1. The van der Waals surface area contributed by atoms with Crippen LogP contribution in [0.25, 0.3) is 0 Å². The maximum atomic E-state index is 9.96. The van der Waals surface area contributed by atoms with Gasteiger partial charge in [0.15, 0.2) is 0 Å². The van der Waals surface area contributed by atoms with Gasteiger partial charge in [0, 0.05) is 36.5 Å². The molecular weight excluding hydrogens is 238 g/mol. The number of aryl methyl sites for hydroxylation is 2. The predicted octanol–water partition coefficient (Wildman–Crippen LogP) is 2.59. The van der Waals surface area contributed by atoms with Crippen molar-refractivity contribution in [3.63, 3.8) is 0 Å². The molecule has 0 fully saturated rings. The third-order valence-electron chi connectivity index (χ3n) is 3.59. The smallest absolute Gasteiger partial charge is 0.120 e. The Labute approximate surface area is 114 Å². The van der Waals surface area contributed by atoms with Crippen LogP contribution in [0.15, 0.2) is 24.4 Å². The molecule has 0 aliphatic heterocycles. The minimum absolute atomic E-state index is 0.0974. The van der Waals surface area contributed by atoms with E-state index in [1.165, 1.54) is 5.56 Å². The number of phenolic OH excluding ortho intramolecular Hbond substituents is 1. The number of rotatable bonds is 4. The van der Waals surface area contributed by atoms with E-state index in [-0.39, 0.29) is 6.04 Å². The van der Waals surface area contributed by atoms with Crippen molar-refractivity contribution in [1.29, 1.82) is 0 Å². The normalized spacial score (nSPS) is 12.6. The summed E-state index contributed by atoms with van der Waals surface area (Å²) >= 11 is 0. The maximum Gasteiger partial charge on any atom is 0.120 e. The fourth-order valence-corrected chi connectivity index (χ4v) is 2.11. The largest absolute Gasteiger partial charge is 0.508 e. The molecule has 1 aromatic heterocycles. The summed E-state index contributed by atoms with van der Waals surface area (Å²) in [6, 6.07) is 5.88. The van der Waals surface area contributed by atoms with Crippen LogP contribution in [0, 0.1) is 13.8 Å². The van der Waals surface area contributed by atoms with Crippen LogP contribution in [-0.2, 0) is 13.6 Å². The van der Waals surface area contributed by atoms with E-state index in [9.17, 15) is 5.11 Å². The maximum absolute atomic E-state index is 9.96. The first-order valence-electron chi connectivity index (χ1n) is 6.49. The summed E-state index contributed by atoms with van der Waals surface area (Å²) in [5, 5.41) is 17.6. The van der Waals surface area contributed by atoms with Gasteiger partial charge in [-0.15, -0.1) is 0 Å². The lowest BCUT2D eigenvalue weighted by Crippen LogP contribution is -2.18. The Morgan fingerprint density at radius 3 is 2.68 bits per heavy atom. The van der Waals surface area contributed by atoms with Crippen molar-refractivity contribution >= 4 is 0 Å². The fraction of sp³-hybridized carbons (Fsp3) is 0.400. The number of hydrogen-bond donors (Lipinski definition) is 2. The molecule has 0 amide bonds. The molecule has 0 aliphatic rings. The van der Waals surface area contributed by atoms with Crippen LogP contribution in [0.5, 0.6) is 5.75 Å². The van der Waals surface area contributed by atoms with E-state index in [0.29, 0.717) is 5.75 Å². The SMILES string of the molecule is Cc1ccc(C(C)NCc2cnn(C)c2C)c(O)c1. The van der Waals surface area contributed by atoms with Gasteiger partial charge < -0.3 is 10.4 Å². The van der Waals surface area contributed by atoms with E-state index >= 15 is 0 Å². The summed E-state index contributed by atoms with van der Waals surface area (Å²) < 4.78 is 1.87. The molecule has 102 valence electrons. The molecule has 1 heterocycles. The van der Waals surface area contributed by atoms with Gasteiger partial charge in [-0.2, -0.15) is 5.10 Å². The van der Waals surface area contributed by atoms with Crippen LogP contribution in [0.2, 0.25) is 0 Å². The molecule has 2 rings (SSSR count). The Balaban J connectivity index is 2.05. The Hall–Kier alpha value is -1.81. The van der Waals surface area contributed by atoms with Gasteiger partial charge in [-0.3, -0.25) is 4.68 Å². The molecule has 1 aromatic carbocycles. The molecule has 0 spiro atoms. The Morgan fingerprint density at radius 1 is 1.37 bits per heavy atom. The molecule has 4 nitrogen and oxygen atoms in total. The summed E-state index contributed by atoms with van der Waals surface area (Å²) in [5.74, 6) is 0.350. The van der Waals surface area contributed by atoms with Crippen LogP contribution in [0.1, 0.15) is 35.3 Å². The van der Waals surface area contributed by atoms with Gasteiger partial charge in [0.05, 0.1) is 6.20 Å². The lowest BCUT2D eigenvalue weighted by atomic mass is 10.0. The zero-order valence-electron chi connectivity index (χ0n) is 11.9. The molecular formula is C15H21N3O. The minimum atomic E-state index is 0.0974. The Kier molecular flexibility index (Phi) is 3.90. The van der Waals surface area contributed by atoms with Crippen LogP contribution in [0.4, 0.5) is 0 Å². The zero-order valence-corrected chi connectivity index (χ0v) is 11.9. The second kappa shape index (κ2) is 5.45. The van der Waals surface area contributed by atoms with Crippen molar-refractivity contribution in [3.05, 3.63) is 46.8 Å². The van der Waals surface area contributed by atoms with Crippen LogP contribution in [-0.4, -0.2) is 14.9 Å². The highest BCUT2D eigenvalue weighted by molar-refractivity contribution is 5.37. The Morgan fingerprint density at radius 2 is 2.11 bits per heavy atom. The highest BCUT2D eigenvalue weighted by atomic mass is 16.3. The van der Waals surface area contributed by atoms with E-state index in [2.05, 4.69) is 24.3 Å². The molecule has 2 N–H and O–H groups in total. The Bertz CT molecular complexity index is 575. The van der Waals surface area contributed by atoms with E-state index < -0.39 is 0 Å². The van der Waals surface area contributed by atoms with Gasteiger partial charge in [0.25, 0.3) is 0 Å². The molecule has 0 aliphatic carbocycles. The van der Waals surface area contributed by atoms with Crippen LogP contribution >= 0.6 is 0 Å². The lowest BCUT2D eigenvalue weighted by molar-refractivity contribution is 0.452. The van der Waals surface area contributed by atoms with Gasteiger partial charge in [-0.1, -0.05) is 12.1 Å². The first kappa shape index (κ1) is 13.6. The summed E-state index contributed by atoms with van der Waals surface area (Å²) in [6.07, 6.45) is 1.88. The molecule has 0 saturated heterocycles. The zero-order chi connectivity index (χ0) is 14.0. The molecule has 0 saturated carbocycles. The quantitative estimate of drug-likeness (QED) is 0.887. The van der Waals surface area contributed by atoms with Crippen molar-refractivity contribution in [3.8, 4) is 5.75 Å². The molecule has 0 bridgehead atoms. The van der Waals surface area contributed by atoms with E-state index in [1.807, 2.05) is 37.0 Å². The van der Waals surface area contributed by atoms with Crippen molar-refractivity contribution in [2.45, 2.75) is 33.4 Å². The molecule has 1 atom stereocenters. The van der Waals surface area contributed by atoms with Crippen molar-refractivity contribution in [2.75, 3.05) is 0 Å². The minimum Gasteiger partial charge on any atom is -0.508 e. The van der Waals surface area contributed by atoms with E-state index in [4.69, 9.17) is 0 Å². The van der Waals surface area contributed by atoms with Crippen LogP contribution < -0.4 is 5.32 Å². The standard InChI is InChI=1S/C15H21N3O/c1-10-5-6-14(15(19)7-10)11(2)16-8-13-9-17-18(4)12(13)3/h5-7,9,11,16,19H,8H2,1-4H3. The average molecular weight is 259 g/mol. The van der Waals surface area contributed by atoms with Gasteiger partial charge in [0.1, 0.15) is 5.75 Å². The number of hydrogen-bond acceptors (Lipinski definition) is 3. The van der Waals surface area contributed by atoms with Gasteiger partial charge in [-0.05, 0) is 32.4 Å². The predicted molar refractivity (Wildman–Crippen MR) is 76.0 cm³/mol. The number of nitrogens with zero attached hydrogens (tertiary/aromatic N) is 2. The molecule has 1 unspecified atom stereocenters. The molecule has 19 heavy (non-hydrogen) atoms. The lowest BCUT2D eigenvalue weighted by Gasteiger charge is -2.16. The first-order chi connectivity index (χ1) is 8.99.